The van der Waals surface area contributed by atoms with Gasteiger partial charge in [-0.1, -0.05) is 38.3 Å². The predicted molar refractivity (Wildman–Crippen MR) is 84.2 cm³/mol. The van der Waals surface area contributed by atoms with Crippen LogP contribution in [0.5, 0.6) is 0 Å². The maximum absolute atomic E-state index is 11.7. The summed E-state index contributed by atoms with van der Waals surface area (Å²) in [6, 6.07) is 7.39. The van der Waals surface area contributed by atoms with Crippen molar-refractivity contribution in [1.82, 2.24) is 0 Å². The number of hydrogen-bond donors (Lipinski definition) is 1. The molecule has 0 bridgehead atoms. The molecule has 110 valence electrons. The Morgan fingerprint density at radius 3 is 2.85 bits per heavy atom. The van der Waals surface area contributed by atoms with E-state index in [4.69, 9.17) is 10.5 Å². The fourth-order valence-electron chi connectivity index (χ4n) is 1.98. The molecular weight excluding hydrogens is 250 g/mol. The molecule has 1 aromatic carbocycles. The first kappa shape index (κ1) is 16.3. The van der Waals surface area contributed by atoms with Crippen LogP contribution in [0.4, 0.5) is 5.69 Å². The van der Waals surface area contributed by atoms with Gasteiger partial charge in [0.15, 0.2) is 0 Å². The number of esters is 1. The van der Waals surface area contributed by atoms with Crippen molar-refractivity contribution in [3.05, 3.63) is 35.9 Å². The van der Waals surface area contributed by atoms with Gasteiger partial charge < -0.3 is 10.5 Å². The molecule has 0 heterocycles. The molecular formula is C17H25NO2. The van der Waals surface area contributed by atoms with Crippen molar-refractivity contribution in [2.75, 3.05) is 5.73 Å². The molecule has 0 aliphatic carbocycles. The molecule has 0 aliphatic rings. The number of carbonyl (C=O) groups is 1. The van der Waals surface area contributed by atoms with Crippen molar-refractivity contribution >= 4 is 17.7 Å². The van der Waals surface area contributed by atoms with Gasteiger partial charge in [0.1, 0.15) is 0 Å². The Labute approximate surface area is 121 Å². The molecule has 0 aliphatic heterocycles. The molecule has 2 N–H and O–H groups in total. The van der Waals surface area contributed by atoms with E-state index in [-0.39, 0.29) is 12.1 Å². The van der Waals surface area contributed by atoms with Crippen LogP contribution in [-0.4, -0.2) is 12.1 Å². The summed E-state index contributed by atoms with van der Waals surface area (Å²) >= 11 is 0. The van der Waals surface area contributed by atoms with Crippen molar-refractivity contribution in [2.24, 2.45) is 0 Å². The second kappa shape index (κ2) is 9.18. The van der Waals surface area contributed by atoms with Crippen LogP contribution in [0.15, 0.2) is 30.3 Å². The molecule has 0 aromatic heterocycles. The summed E-state index contributed by atoms with van der Waals surface area (Å²) in [5.74, 6) is -0.296. The van der Waals surface area contributed by atoms with Gasteiger partial charge in [-0.2, -0.15) is 0 Å². The SMILES string of the molecule is CCCCCCC(C)OC(=O)/C=C/c1cccc(N)c1. The maximum Gasteiger partial charge on any atom is 0.331 e. The number of hydrogen-bond acceptors (Lipinski definition) is 3. The number of unbranched alkanes of at least 4 members (excludes halogenated alkanes) is 3. The zero-order valence-electron chi connectivity index (χ0n) is 12.5. The van der Waals surface area contributed by atoms with Crippen molar-refractivity contribution in [1.29, 1.82) is 0 Å². The molecule has 3 heteroatoms. The number of anilines is 1. The summed E-state index contributed by atoms with van der Waals surface area (Å²) in [6.07, 6.45) is 8.87. The molecule has 20 heavy (non-hydrogen) atoms. The standard InChI is InChI=1S/C17H25NO2/c1-3-4-5-6-8-14(2)20-17(19)12-11-15-9-7-10-16(18)13-15/h7,9-14H,3-6,8,18H2,1-2H3/b12-11+. The van der Waals surface area contributed by atoms with Crippen LogP contribution < -0.4 is 5.73 Å². The van der Waals surface area contributed by atoms with Gasteiger partial charge in [-0.3, -0.25) is 0 Å². The summed E-state index contributed by atoms with van der Waals surface area (Å²) in [5.41, 5.74) is 7.26. The molecule has 0 saturated heterocycles. The first-order valence-electron chi connectivity index (χ1n) is 7.36. The van der Waals surface area contributed by atoms with Gasteiger partial charge in [-0.15, -0.1) is 0 Å². The topological polar surface area (TPSA) is 52.3 Å². The molecule has 0 spiro atoms. The number of rotatable bonds is 8. The van der Waals surface area contributed by atoms with Crippen LogP contribution in [-0.2, 0) is 9.53 Å². The van der Waals surface area contributed by atoms with E-state index >= 15 is 0 Å². The third-order valence-corrected chi connectivity index (χ3v) is 3.10. The van der Waals surface area contributed by atoms with Gasteiger partial charge in [0, 0.05) is 11.8 Å². The summed E-state index contributed by atoms with van der Waals surface area (Å²) in [5, 5.41) is 0. The molecule has 0 fully saturated rings. The maximum atomic E-state index is 11.7. The molecule has 1 rings (SSSR count). The molecule has 1 aromatic rings. The number of ether oxygens (including phenoxy) is 1. The number of benzene rings is 1. The Morgan fingerprint density at radius 2 is 2.15 bits per heavy atom. The van der Waals surface area contributed by atoms with Gasteiger partial charge in [0.2, 0.25) is 0 Å². The van der Waals surface area contributed by atoms with Crippen molar-refractivity contribution in [3.63, 3.8) is 0 Å². The van der Waals surface area contributed by atoms with E-state index in [1.54, 1.807) is 6.08 Å². The molecule has 0 amide bonds. The highest BCUT2D eigenvalue weighted by atomic mass is 16.5. The average molecular weight is 275 g/mol. The van der Waals surface area contributed by atoms with Gasteiger partial charge in [0.05, 0.1) is 6.10 Å². The Balaban J connectivity index is 2.32. The predicted octanol–water partition coefficient (Wildman–Crippen LogP) is 4.18. The number of carbonyl (C=O) groups excluding carboxylic acids is 1. The van der Waals surface area contributed by atoms with Gasteiger partial charge in [0.25, 0.3) is 0 Å². The monoisotopic (exact) mass is 275 g/mol. The van der Waals surface area contributed by atoms with Crippen molar-refractivity contribution in [3.8, 4) is 0 Å². The fraction of sp³-hybridized carbons (Fsp3) is 0.471. The molecule has 1 atom stereocenters. The van der Waals surface area contributed by atoms with Crippen molar-refractivity contribution < 1.29 is 9.53 Å². The van der Waals surface area contributed by atoms with Crippen LogP contribution in [0.25, 0.3) is 6.08 Å². The Hall–Kier alpha value is -1.77. The first-order valence-corrected chi connectivity index (χ1v) is 7.36. The smallest absolute Gasteiger partial charge is 0.331 e. The lowest BCUT2D eigenvalue weighted by atomic mass is 10.1. The van der Waals surface area contributed by atoms with E-state index < -0.39 is 0 Å². The van der Waals surface area contributed by atoms with E-state index in [2.05, 4.69) is 6.92 Å². The third kappa shape index (κ3) is 6.98. The van der Waals surface area contributed by atoms with Crippen LogP contribution >= 0.6 is 0 Å². The zero-order valence-corrected chi connectivity index (χ0v) is 12.5. The van der Waals surface area contributed by atoms with Gasteiger partial charge >= 0.3 is 5.97 Å². The van der Waals surface area contributed by atoms with Gasteiger partial charge in [-0.25, -0.2) is 4.79 Å². The zero-order chi connectivity index (χ0) is 14.8. The minimum absolute atomic E-state index is 0.0233. The molecule has 0 saturated carbocycles. The van der Waals surface area contributed by atoms with Crippen LogP contribution in [0.2, 0.25) is 0 Å². The van der Waals surface area contributed by atoms with E-state index in [1.807, 2.05) is 31.2 Å². The highest BCUT2D eigenvalue weighted by Gasteiger charge is 2.06. The highest BCUT2D eigenvalue weighted by molar-refractivity contribution is 5.87. The van der Waals surface area contributed by atoms with Crippen LogP contribution in [0, 0.1) is 0 Å². The lowest BCUT2D eigenvalue weighted by Crippen LogP contribution is -2.12. The van der Waals surface area contributed by atoms with E-state index in [1.165, 1.54) is 25.3 Å². The fourth-order valence-corrected chi connectivity index (χ4v) is 1.98. The Kier molecular flexibility index (Phi) is 7.48. The first-order chi connectivity index (χ1) is 9.61. The van der Waals surface area contributed by atoms with Crippen molar-refractivity contribution in [2.45, 2.75) is 52.1 Å². The lowest BCUT2D eigenvalue weighted by Gasteiger charge is -2.11. The minimum atomic E-state index is -0.296. The second-order valence-corrected chi connectivity index (χ2v) is 5.10. The minimum Gasteiger partial charge on any atom is -0.460 e. The van der Waals surface area contributed by atoms with Gasteiger partial charge in [-0.05, 0) is 43.5 Å². The van der Waals surface area contributed by atoms with E-state index in [0.29, 0.717) is 5.69 Å². The lowest BCUT2D eigenvalue weighted by molar-refractivity contribution is -0.142. The third-order valence-electron chi connectivity index (χ3n) is 3.10. The Morgan fingerprint density at radius 1 is 1.35 bits per heavy atom. The average Bonchev–Trinajstić information content (AvgIpc) is 2.41. The Bertz CT molecular complexity index is 440. The van der Waals surface area contributed by atoms with E-state index in [0.717, 1.165) is 18.4 Å². The summed E-state index contributed by atoms with van der Waals surface area (Å²) in [7, 11) is 0. The highest BCUT2D eigenvalue weighted by Crippen LogP contribution is 2.10. The largest absolute Gasteiger partial charge is 0.460 e. The normalized spacial score (nSPS) is 12.5. The molecule has 3 nitrogen and oxygen atoms in total. The molecule has 0 radical (unpaired) electrons. The summed E-state index contributed by atoms with van der Waals surface area (Å²) < 4.78 is 5.33. The summed E-state index contributed by atoms with van der Waals surface area (Å²) in [6.45, 7) is 4.13. The van der Waals surface area contributed by atoms with Crippen LogP contribution in [0.3, 0.4) is 0 Å². The quantitative estimate of drug-likeness (QED) is 0.335. The van der Waals surface area contributed by atoms with E-state index in [9.17, 15) is 4.79 Å². The number of nitrogen functional groups attached to an aromatic ring is 1. The number of nitrogens with two attached hydrogens (primary N) is 1. The second-order valence-electron chi connectivity index (χ2n) is 5.10. The van der Waals surface area contributed by atoms with Crippen LogP contribution in [0.1, 0.15) is 51.5 Å². The summed E-state index contributed by atoms with van der Waals surface area (Å²) in [4.78, 5) is 11.7. The molecule has 1 unspecified atom stereocenters.